The fraction of sp³-hybridized carbons (Fsp3) is 0.167. The molecular formula is C18H12FN5O2S. The topological polar surface area (TPSA) is 80.5 Å². The summed E-state index contributed by atoms with van der Waals surface area (Å²) in [6.07, 6.45) is 1.60. The third kappa shape index (κ3) is 2.58. The average Bonchev–Trinajstić information content (AvgIpc) is 3.16. The number of hydrogen-bond donors (Lipinski definition) is 0. The van der Waals surface area contributed by atoms with Gasteiger partial charge in [-0.05, 0) is 30.3 Å². The van der Waals surface area contributed by atoms with Gasteiger partial charge in [0.2, 0.25) is 0 Å². The minimum Gasteiger partial charge on any atom is -0.334 e. The van der Waals surface area contributed by atoms with Crippen LogP contribution in [0.5, 0.6) is 0 Å². The number of rotatable bonds is 1. The Morgan fingerprint density at radius 1 is 1.15 bits per heavy atom. The summed E-state index contributed by atoms with van der Waals surface area (Å²) in [6, 6.07) is 7.93. The number of halogens is 1. The van der Waals surface area contributed by atoms with Gasteiger partial charge in [-0.3, -0.25) is 14.0 Å². The van der Waals surface area contributed by atoms with Crippen LogP contribution in [-0.2, 0) is 13.0 Å². The van der Waals surface area contributed by atoms with Crippen LogP contribution in [0, 0.1) is 5.82 Å². The summed E-state index contributed by atoms with van der Waals surface area (Å²) in [4.78, 5) is 31.7. The van der Waals surface area contributed by atoms with Crippen LogP contribution < -0.4 is 5.56 Å². The SMILES string of the molecule is O=C(c1ccc2nsnc2c1)N1CCc2nc3ccc(F)cn3c(=O)c2C1. The fourth-order valence-electron chi connectivity index (χ4n) is 3.34. The Kier molecular flexibility index (Phi) is 3.51. The normalized spacial score (nSPS) is 13.9. The first-order valence-electron chi connectivity index (χ1n) is 8.31. The largest absolute Gasteiger partial charge is 0.334 e. The molecule has 0 fully saturated rings. The molecule has 0 atom stereocenters. The van der Waals surface area contributed by atoms with Crippen molar-refractivity contribution in [3.8, 4) is 0 Å². The molecule has 4 aromatic rings. The summed E-state index contributed by atoms with van der Waals surface area (Å²) in [5.74, 6) is -0.695. The highest BCUT2D eigenvalue weighted by molar-refractivity contribution is 7.00. The molecule has 9 heteroatoms. The van der Waals surface area contributed by atoms with Crippen LogP contribution in [0.1, 0.15) is 21.6 Å². The van der Waals surface area contributed by atoms with Crippen molar-refractivity contribution in [1.82, 2.24) is 23.0 Å². The van der Waals surface area contributed by atoms with Crippen LogP contribution in [0.2, 0.25) is 0 Å². The lowest BCUT2D eigenvalue weighted by atomic mass is 10.1. The van der Waals surface area contributed by atoms with Gasteiger partial charge in [0.1, 0.15) is 22.5 Å². The van der Waals surface area contributed by atoms with Crippen molar-refractivity contribution in [2.45, 2.75) is 13.0 Å². The number of nitrogens with zero attached hydrogens (tertiary/aromatic N) is 5. The number of pyridine rings is 1. The Hall–Kier alpha value is -3.20. The Labute approximate surface area is 156 Å². The highest BCUT2D eigenvalue weighted by atomic mass is 32.1. The summed E-state index contributed by atoms with van der Waals surface area (Å²) < 4.78 is 23.0. The Morgan fingerprint density at radius 3 is 2.89 bits per heavy atom. The number of hydrogen-bond acceptors (Lipinski definition) is 6. The van der Waals surface area contributed by atoms with E-state index in [1.54, 1.807) is 23.1 Å². The zero-order valence-electron chi connectivity index (χ0n) is 13.9. The molecule has 1 amide bonds. The van der Waals surface area contributed by atoms with Crippen molar-refractivity contribution in [2.75, 3.05) is 6.54 Å². The first-order valence-corrected chi connectivity index (χ1v) is 9.04. The molecule has 1 aliphatic heterocycles. The smallest absolute Gasteiger partial charge is 0.263 e. The fourth-order valence-corrected chi connectivity index (χ4v) is 3.86. The van der Waals surface area contributed by atoms with Crippen LogP contribution in [0.15, 0.2) is 41.3 Å². The number of fused-ring (bicyclic) bond motifs is 3. The van der Waals surface area contributed by atoms with Crippen LogP contribution in [0.3, 0.4) is 0 Å². The molecule has 0 unspecified atom stereocenters. The lowest BCUT2D eigenvalue weighted by molar-refractivity contribution is 0.0732. The van der Waals surface area contributed by atoms with E-state index in [2.05, 4.69) is 13.7 Å². The standard InChI is InChI=1S/C18H12FN5O2S/c19-11-2-4-16-20-13-5-6-23(9-12(13)18(26)24(16)8-11)17(25)10-1-3-14-15(7-10)22-27-21-14/h1-4,7-8H,5-6,9H2. The first-order chi connectivity index (χ1) is 13.1. The monoisotopic (exact) mass is 381 g/mol. The second-order valence-corrected chi connectivity index (χ2v) is 6.89. The summed E-state index contributed by atoms with van der Waals surface area (Å²) in [5, 5.41) is 0. The molecule has 134 valence electrons. The molecule has 1 aliphatic rings. The highest BCUT2D eigenvalue weighted by Gasteiger charge is 2.26. The van der Waals surface area contributed by atoms with Crippen LogP contribution in [0.4, 0.5) is 4.39 Å². The zero-order valence-corrected chi connectivity index (χ0v) is 14.7. The van der Waals surface area contributed by atoms with Crippen LogP contribution >= 0.6 is 11.7 Å². The van der Waals surface area contributed by atoms with Gasteiger partial charge < -0.3 is 4.90 Å². The molecule has 0 saturated carbocycles. The van der Waals surface area contributed by atoms with Gasteiger partial charge in [-0.2, -0.15) is 8.75 Å². The van der Waals surface area contributed by atoms with Crippen molar-refractivity contribution < 1.29 is 9.18 Å². The minimum absolute atomic E-state index is 0.146. The lowest BCUT2D eigenvalue weighted by Crippen LogP contribution is -2.40. The average molecular weight is 381 g/mol. The zero-order chi connectivity index (χ0) is 18.5. The second-order valence-electron chi connectivity index (χ2n) is 6.36. The number of aromatic nitrogens is 4. The van der Waals surface area contributed by atoms with E-state index in [9.17, 15) is 14.0 Å². The molecule has 0 N–H and O–H groups in total. The van der Waals surface area contributed by atoms with Gasteiger partial charge in [0.05, 0.1) is 29.5 Å². The second kappa shape index (κ2) is 5.92. The molecule has 0 aliphatic carbocycles. The number of benzene rings is 1. The summed E-state index contributed by atoms with van der Waals surface area (Å²) in [7, 11) is 0. The number of amides is 1. The van der Waals surface area contributed by atoms with Gasteiger partial charge in [-0.15, -0.1) is 0 Å². The molecule has 27 heavy (non-hydrogen) atoms. The number of carbonyl (C=O) groups is 1. The van der Waals surface area contributed by atoms with E-state index in [4.69, 9.17) is 0 Å². The quantitative estimate of drug-likeness (QED) is 0.504. The minimum atomic E-state index is -0.514. The molecule has 0 saturated heterocycles. The molecule has 3 aromatic heterocycles. The molecule has 5 rings (SSSR count). The molecule has 7 nitrogen and oxygen atoms in total. The summed E-state index contributed by atoms with van der Waals surface area (Å²) >= 11 is 1.10. The Bertz CT molecular complexity index is 1280. The molecule has 0 radical (unpaired) electrons. The van der Waals surface area contributed by atoms with Gasteiger partial charge in [0.15, 0.2) is 0 Å². The van der Waals surface area contributed by atoms with Crippen molar-refractivity contribution >= 4 is 34.3 Å². The molecule has 4 heterocycles. The van der Waals surface area contributed by atoms with Crippen LogP contribution in [0.25, 0.3) is 16.7 Å². The van der Waals surface area contributed by atoms with Crippen molar-refractivity contribution in [1.29, 1.82) is 0 Å². The predicted octanol–water partition coefficient (Wildman–Crippen LogP) is 2.04. The van der Waals surface area contributed by atoms with Gasteiger partial charge in [-0.1, -0.05) is 0 Å². The van der Waals surface area contributed by atoms with E-state index in [1.807, 2.05) is 0 Å². The van der Waals surface area contributed by atoms with E-state index < -0.39 is 5.82 Å². The van der Waals surface area contributed by atoms with Gasteiger partial charge in [0, 0.05) is 24.7 Å². The maximum atomic E-state index is 13.5. The molecule has 1 aromatic carbocycles. The predicted molar refractivity (Wildman–Crippen MR) is 97.3 cm³/mol. The lowest BCUT2D eigenvalue weighted by Gasteiger charge is -2.28. The maximum absolute atomic E-state index is 13.5. The highest BCUT2D eigenvalue weighted by Crippen LogP contribution is 2.20. The van der Waals surface area contributed by atoms with E-state index in [-0.39, 0.29) is 18.0 Å². The van der Waals surface area contributed by atoms with E-state index in [0.717, 1.165) is 23.4 Å². The van der Waals surface area contributed by atoms with E-state index >= 15 is 0 Å². The molecule has 0 bridgehead atoms. The molecular weight excluding hydrogens is 369 g/mol. The molecule has 0 spiro atoms. The number of carbonyl (C=O) groups excluding carboxylic acids is 1. The summed E-state index contributed by atoms with van der Waals surface area (Å²) in [5.41, 5.74) is 3.07. The van der Waals surface area contributed by atoms with E-state index in [0.29, 0.717) is 41.0 Å². The first kappa shape index (κ1) is 16.0. The van der Waals surface area contributed by atoms with Crippen LogP contribution in [-0.4, -0.2) is 35.5 Å². The Balaban J connectivity index is 1.53. The van der Waals surface area contributed by atoms with Gasteiger partial charge in [-0.25, -0.2) is 9.37 Å². The van der Waals surface area contributed by atoms with Gasteiger partial charge in [0.25, 0.3) is 11.5 Å². The van der Waals surface area contributed by atoms with Crippen molar-refractivity contribution in [3.63, 3.8) is 0 Å². The third-order valence-electron chi connectivity index (χ3n) is 4.72. The maximum Gasteiger partial charge on any atom is 0.263 e. The van der Waals surface area contributed by atoms with Crippen molar-refractivity contribution in [2.24, 2.45) is 0 Å². The van der Waals surface area contributed by atoms with E-state index in [1.165, 1.54) is 16.5 Å². The Morgan fingerprint density at radius 2 is 2.00 bits per heavy atom. The summed E-state index contributed by atoms with van der Waals surface area (Å²) in [6.45, 7) is 0.607. The van der Waals surface area contributed by atoms with Crippen molar-refractivity contribution in [3.05, 3.63) is 69.5 Å². The third-order valence-corrected chi connectivity index (χ3v) is 5.28. The van der Waals surface area contributed by atoms with Gasteiger partial charge >= 0.3 is 0 Å².